The zero-order valence-corrected chi connectivity index (χ0v) is 15.6. The summed E-state index contributed by atoms with van der Waals surface area (Å²) in [5, 5.41) is 2.73. The van der Waals surface area contributed by atoms with Crippen molar-refractivity contribution in [2.45, 2.75) is 6.54 Å². The average molecular weight is 381 g/mol. The molecule has 144 valence electrons. The van der Waals surface area contributed by atoms with E-state index in [0.29, 0.717) is 22.7 Å². The van der Waals surface area contributed by atoms with E-state index < -0.39 is 0 Å². The first-order valence-corrected chi connectivity index (χ1v) is 8.55. The Balaban J connectivity index is 1.60. The Morgan fingerprint density at radius 1 is 1.18 bits per heavy atom. The van der Waals surface area contributed by atoms with Crippen molar-refractivity contribution in [1.82, 2.24) is 14.9 Å². The Kier molecular flexibility index (Phi) is 6.06. The lowest BCUT2D eigenvalue weighted by atomic mass is 10.1. The molecule has 1 heterocycles. The number of rotatable bonds is 7. The van der Waals surface area contributed by atoms with Gasteiger partial charge < -0.3 is 19.4 Å². The highest BCUT2D eigenvalue weighted by Gasteiger charge is 2.06. The molecule has 7 heteroatoms. The van der Waals surface area contributed by atoms with Crippen molar-refractivity contribution in [3.8, 4) is 17.2 Å². The van der Waals surface area contributed by atoms with Gasteiger partial charge >= 0.3 is 0 Å². The number of hydrogen-bond acceptors (Lipinski definition) is 4. The molecule has 1 amide bonds. The van der Waals surface area contributed by atoms with Gasteiger partial charge in [0.25, 0.3) is 0 Å². The summed E-state index contributed by atoms with van der Waals surface area (Å²) in [5.41, 5.74) is 1.86. The van der Waals surface area contributed by atoms with E-state index in [2.05, 4.69) is 10.3 Å². The highest BCUT2D eigenvalue weighted by molar-refractivity contribution is 5.91. The summed E-state index contributed by atoms with van der Waals surface area (Å²) in [6, 6.07) is 10.2. The van der Waals surface area contributed by atoms with Crippen molar-refractivity contribution in [1.29, 1.82) is 0 Å². The van der Waals surface area contributed by atoms with Crippen LogP contribution in [0.3, 0.4) is 0 Å². The van der Waals surface area contributed by atoms with Gasteiger partial charge in [0.1, 0.15) is 5.82 Å². The second-order valence-corrected chi connectivity index (χ2v) is 5.92. The van der Waals surface area contributed by atoms with Crippen LogP contribution in [0.25, 0.3) is 11.8 Å². The van der Waals surface area contributed by atoms with Gasteiger partial charge in [0.15, 0.2) is 11.5 Å². The fourth-order valence-corrected chi connectivity index (χ4v) is 2.65. The predicted octanol–water partition coefficient (Wildman–Crippen LogP) is 3.36. The van der Waals surface area contributed by atoms with E-state index >= 15 is 0 Å². The SMILES string of the molecule is COc1ccc(/C=C/C(=O)NCc2ccc(-n3ccnc3)c(F)c2)cc1OC. The van der Waals surface area contributed by atoms with Gasteiger partial charge in [0.05, 0.1) is 26.2 Å². The summed E-state index contributed by atoms with van der Waals surface area (Å²) in [5.74, 6) is 0.531. The van der Waals surface area contributed by atoms with Gasteiger partial charge in [0.2, 0.25) is 5.91 Å². The van der Waals surface area contributed by atoms with Gasteiger partial charge in [-0.2, -0.15) is 0 Å². The van der Waals surface area contributed by atoms with Crippen LogP contribution in [0.5, 0.6) is 11.5 Å². The Bertz CT molecular complexity index is 985. The molecule has 28 heavy (non-hydrogen) atoms. The second-order valence-electron chi connectivity index (χ2n) is 5.92. The number of halogens is 1. The topological polar surface area (TPSA) is 65.4 Å². The van der Waals surface area contributed by atoms with Crippen LogP contribution in [0.1, 0.15) is 11.1 Å². The molecule has 6 nitrogen and oxygen atoms in total. The smallest absolute Gasteiger partial charge is 0.244 e. The quantitative estimate of drug-likeness (QED) is 0.638. The summed E-state index contributed by atoms with van der Waals surface area (Å²) >= 11 is 0. The minimum atomic E-state index is -0.384. The molecule has 0 aliphatic carbocycles. The number of nitrogens with zero attached hydrogens (tertiary/aromatic N) is 2. The van der Waals surface area contributed by atoms with E-state index in [-0.39, 0.29) is 18.3 Å². The van der Waals surface area contributed by atoms with Gasteiger partial charge in [-0.1, -0.05) is 12.1 Å². The molecule has 0 bridgehead atoms. The number of aromatic nitrogens is 2. The van der Waals surface area contributed by atoms with Crippen LogP contribution in [0.2, 0.25) is 0 Å². The van der Waals surface area contributed by atoms with E-state index in [4.69, 9.17) is 9.47 Å². The Morgan fingerprint density at radius 3 is 2.68 bits per heavy atom. The Labute approximate surface area is 162 Å². The minimum Gasteiger partial charge on any atom is -0.493 e. The van der Waals surface area contributed by atoms with Gasteiger partial charge in [-0.15, -0.1) is 0 Å². The first-order valence-electron chi connectivity index (χ1n) is 8.55. The number of benzene rings is 2. The van der Waals surface area contributed by atoms with E-state index in [1.807, 2.05) is 6.07 Å². The number of methoxy groups -OCH3 is 2. The van der Waals surface area contributed by atoms with Crippen LogP contribution >= 0.6 is 0 Å². The number of hydrogen-bond donors (Lipinski definition) is 1. The predicted molar refractivity (Wildman–Crippen MR) is 104 cm³/mol. The molecule has 0 radical (unpaired) electrons. The molecule has 3 rings (SSSR count). The van der Waals surface area contributed by atoms with Crippen LogP contribution in [0.4, 0.5) is 4.39 Å². The molecule has 0 saturated heterocycles. The lowest BCUT2D eigenvalue weighted by Crippen LogP contribution is -2.20. The van der Waals surface area contributed by atoms with E-state index in [9.17, 15) is 9.18 Å². The molecule has 1 aromatic heterocycles. The third-order valence-electron chi connectivity index (χ3n) is 4.10. The maximum absolute atomic E-state index is 14.2. The van der Waals surface area contributed by atoms with E-state index in [0.717, 1.165) is 5.56 Å². The van der Waals surface area contributed by atoms with Crippen molar-refractivity contribution in [2.24, 2.45) is 0 Å². The van der Waals surface area contributed by atoms with Crippen molar-refractivity contribution in [2.75, 3.05) is 14.2 Å². The maximum Gasteiger partial charge on any atom is 0.244 e. The van der Waals surface area contributed by atoms with Crippen molar-refractivity contribution in [3.63, 3.8) is 0 Å². The third kappa shape index (κ3) is 4.56. The molecule has 0 spiro atoms. The standard InChI is InChI=1S/C21H20FN3O3/c1-27-19-7-4-15(12-20(19)28-2)5-8-21(26)24-13-16-3-6-18(17(22)11-16)25-10-9-23-14-25/h3-12,14H,13H2,1-2H3,(H,24,26)/b8-5+. The molecule has 0 atom stereocenters. The lowest BCUT2D eigenvalue weighted by molar-refractivity contribution is -0.116. The number of carbonyl (C=O) groups excluding carboxylic acids is 1. The number of ether oxygens (including phenoxy) is 2. The van der Waals surface area contributed by atoms with Crippen LogP contribution in [0, 0.1) is 5.82 Å². The van der Waals surface area contributed by atoms with Crippen LogP contribution in [0.15, 0.2) is 61.2 Å². The zero-order valence-electron chi connectivity index (χ0n) is 15.6. The van der Waals surface area contributed by atoms with Gasteiger partial charge in [-0.05, 0) is 41.5 Å². The third-order valence-corrected chi connectivity index (χ3v) is 4.10. The number of imidazole rings is 1. The summed E-state index contributed by atoms with van der Waals surface area (Å²) in [6.07, 6.45) is 7.85. The van der Waals surface area contributed by atoms with Crippen LogP contribution < -0.4 is 14.8 Å². The van der Waals surface area contributed by atoms with Gasteiger partial charge in [-0.25, -0.2) is 9.37 Å². The largest absolute Gasteiger partial charge is 0.493 e. The normalized spacial score (nSPS) is 10.8. The number of nitrogens with one attached hydrogen (secondary N) is 1. The molecule has 0 aliphatic heterocycles. The van der Waals surface area contributed by atoms with Crippen molar-refractivity contribution >= 4 is 12.0 Å². The summed E-state index contributed by atoms with van der Waals surface area (Å²) in [7, 11) is 3.11. The highest BCUT2D eigenvalue weighted by atomic mass is 19.1. The van der Waals surface area contributed by atoms with Crippen molar-refractivity contribution < 1.29 is 18.7 Å². The summed E-state index contributed by atoms with van der Waals surface area (Å²) < 4.78 is 26.2. The highest BCUT2D eigenvalue weighted by Crippen LogP contribution is 2.27. The van der Waals surface area contributed by atoms with Gasteiger partial charge in [-0.3, -0.25) is 4.79 Å². The van der Waals surface area contributed by atoms with Gasteiger partial charge in [0, 0.05) is 25.0 Å². The Hall–Kier alpha value is -3.61. The Morgan fingerprint density at radius 2 is 2.00 bits per heavy atom. The molecule has 0 saturated carbocycles. The summed E-state index contributed by atoms with van der Waals surface area (Å²) in [4.78, 5) is 16.0. The van der Waals surface area contributed by atoms with Crippen LogP contribution in [-0.2, 0) is 11.3 Å². The first-order chi connectivity index (χ1) is 13.6. The molecule has 0 unspecified atom stereocenters. The fourth-order valence-electron chi connectivity index (χ4n) is 2.65. The van der Waals surface area contributed by atoms with Crippen LogP contribution in [-0.4, -0.2) is 29.7 Å². The van der Waals surface area contributed by atoms with Crippen molar-refractivity contribution in [3.05, 3.63) is 78.1 Å². The number of carbonyl (C=O) groups is 1. The molecule has 1 N–H and O–H groups in total. The first kappa shape index (κ1) is 19.2. The second kappa shape index (κ2) is 8.85. The molecule has 0 aliphatic rings. The molecular formula is C21H20FN3O3. The molecule has 3 aromatic rings. The monoisotopic (exact) mass is 381 g/mol. The average Bonchev–Trinajstić information content (AvgIpc) is 3.25. The molecule has 0 fully saturated rings. The fraction of sp³-hybridized carbons (Fsp3) is 0.143. The van der Waals surface area contributed by atoms with E-state index in [1.165, 1.54) is 18.5 Å². The zero-order chi connectivity index (χ0) is 19.9. The van der Waals surface area contributed by atoms with E-state index in [1.54, 1.807) is 61.5 Å². The minimum absolute atomic E-state index is 0.218. The summed E-state index contributed by atoms with van der Waals surface area (Å²) in [6.45, 7) is 0.218. The molecule has 2 aromatic carbocycles. The molecular weight excluding hydrogens is 361 g/mol. The maximum atomic E-state index is 14.2. The number of amides is 1. The lowest BCUT2D eigenvalue weighted by Gasteiger charge is -2.08.